The molecular formula is C24H28ClN3O3S. The minimum Gasteiger partial charge on any atom is -0.369 e. The van der Waals surface area contributed by atoms with Crippen molar-refractivity contribution < 1.29 is 13.2 Å². The van der Waals surface area contributed by atoms with Crippen molar-refractivity contribution in [1.82, 2.24) is 4.31 Å². The Kier molecular flexibility index (Phi) is 5.47. The maximum Gasteiger partial charge on any atom is 0.243 e. The van der Waals surface area contributed by atoms with Crippen molar-refractivity contribution in [3.05, 3.63) is 52.5 Å². The van der Waals surface area contributed by atoms with Crippen LogP contribution in [-0.2, 0) is 21.2 Å². The average Bonchev–Trinajstić information content (AvgIpc) is 3.57. The van der Waals surface area contributed by atoms with Gasteiger partial charge in [0.25, 0.3) is 0 Å². The molecule has 3 aliphatic rings. The molecule has 8 heteroatoms. The fourth-order valence-corrected chi connectivity index (χ4v) is 6.51. The number of amides is 1. The molecule has 0 spiro atoms. The zero-order valence-corrected chi connectivity index (χ0v) is 20.0. The van der Waals surface area contributed by atoms with Gasteiger partial charge in [0.1, 0.15) is 0 Å². The molecule has 6 nitrogen and oxygen atoms in total. The Morgan fingerprint density at radius 3 is 2.41 bits per heavy atom. The summed E-state index contributed by atoms with van der Waals surface area (Å²) in [7, 11) is -3.59. The molecule has 170 valence electrons. The molecule has 2 heterocycles. The van der Waals surface area contributed by atoms with Crippen LogP contribution in [-0.4, -0.2) is 50.9 Å². The summed E-state index contributed by atoms with van der Waals surface area (Å²) in [5.41, 5.74) is 4.00. The lowest BCUT2D eigenvalue weighted by Gasteiger charge is -2.36. The normalized spacial score (nSPS) is 21.7. The van der Waals surface area contributed by atoms with E-state index >= 15 is 0 Å². The number of nitrogens with zero attached hydrogens (tertiary/aromatic N) is 3. The number of carbonyl (C=O) groups excluding carboxylic acids is 1. The predicted octanol–water partition coefficient (Wildman–Crippen LogP) is 3.85. The van der Waals surface area contributed by atoms with E-state index in [1.807, 2.05) is 43.0 Å². The van der Waals surface area contributed by atoms with Crippen LogP contribution < -0.4 is 9.80 Å². The number of carbonyl (C=O) groups is 1. The van der Waals surface area contributed by atoms with Crippen molar-refractivity contribution in [2.75, 3.05) is 36.0 Å². The Morgan fingerprint density at radius 2 is 1.72 bits per heavy atom. The highest BCUT2D eigenvalue weighted by Crippen LogP contribution is 2.40. The van der Waals surface area contributed by atoms with Gasteiger partial charge in [-0.05, 0) is 74.6 Å². The molecule has 0 bridgehead atoms. The van der Waals surface area contributed by atoms with Gasteiger partial charge in [0.15, 0.2) is 0 Å². The molecule has 0 N–H and O–H groups in total. The highest BCUT2D eigenvalue weighted by Gasteiger charge is 2.40. The third-order valence-corrected chi connectivity index (χ3v) is 8.95. The van der Waals surface area contributed by atoms with Crippen LogP contribution in [0.25, 0.3) is 0 Å². The smallest absolute Gasteiger partial charge is 0.243 e. The number of piperazine rings is 1. The Morgan fingerprint density at radius 1 is 1.00 bits per heavy atom. The Balaban J connectivity index is 1.33. The summed E-state index contributed by atoms with van der Waals surface area (Å²) in [5.74, 6) is 0.325. The van der Waals surface area contributed by atoms with E-state index in [4.69, 9.17) is 11.6 Å². The van der Waals surface area contributed by atoms with Crippen molar-refractivity contribution >= 4 is 38.9 Å². The quantitative estimate of drug-likeness (QED) is 0.676. The molecule has 1 saturated carbocycles. The van der Waals surface area contributed by atoms with Crippen LogP contribution in [0.5, 0.6) is 0 Å². The Labute approximate surface area is 194 Å². The summed E-state index contributed by atoms with van der Waals surface area (Å²) >= 11 is 6.17. The Bertz CT molecular complexity index is 1170. The first-order chi connectivity index (χ1) is 15.3. The third-order valence-electron chi connectivity index (χ3n) is 6.82. The van der Waals surface area contributed by atoms with Crippen LogP contribution in [0.3, 0.4) is 0 Å². The lowest BCUT2D eigenvalue weighted by atomic mass is 10.1. The molecule has 32 heavy (non-hydrogen) atoms. The number of anilines is 2. The van der Waals surface area contributed by atoms with Crippen LogP contribution in [0.1, 0.15) is 30.9 Å². The number of benzene rings is 2. The van der Waals surface area contributed by atoms with E-state index in [9.17, 15) is 13.2 Å². The number of hydrogen-bond donors (Lipinski definition) is 0. The molecule has 0 unspecified atom stereocenters. The average molecular weight is 474 g/mol. The van der Waals surface area contributed by atoms with E-state index in [-0.39, 0.29) is 17.9 Å². The standard InChI is InChI=1S/C24H28ClN3O3S/c1-16-3-6-20(25)15-23(16)26-9-11-27(12-10-26)32(30,31)21-7-8-22-19(14-21)13-17(2)28(22)24(29)18-4-5-18/h3,6-8,14-15,17-18H,4-5,9-13H2,1-2H3/t17-/m1/s1. The lowest BCUT2D eigenvalue weighted by molar-refractivity contribution is -0.120. The van der Waals surface area contributed by atoms with Gasteiger partial charge in [-0.15, -0.1) is 0 Å². The van der Waals surface area contributed by atoms with E-state index in [1.54, 1.807) is 16.4 Å². The molecule has 1 amide bonds. The molecule has 2 aliphatic heterocycles. The largest absolute Gasteiger partial charge is 0.369 e. The van der Waals surface area contributed by atoms with Gasteiger partial charge >= 0.3 is 0 Å². The van der Waals surface area contributed by atoms with Crippen LogP contribution in [0.2, 0.25) is 5.02 Å². The van der Waals surface area contributed by atoms with Gasteiger partial charge in [0, 0.05) is 54.5 Å². The van der Waals surface area contributed by atoms with Gasteiger partial charge in [0.05, 0.1) is 4.90 Å². The summed E-state index contributed by atoms with van der Waals surface area (Å²) < 4.78 is 28.3. The molecule has 0 radical (unpaired) electrons. The van der Waals surface area contributed by atoms with E-state index in [0.29, 0.717) is 42.5 Å². The van der Waals surface area contributed by atoms with E-state index in [2.05, 4.69) is 4.90 Å². The molecule has 1 atom stereocenters. The number of hydrogen-bond acceptors (Lipinski definition) is 4. The Hall–Kier alpha value is -2.09. The van der Waals surface area contributed by atoms with E-state index < -0.39 is 10.0 Å². The number of fused-ring (bicyclic) bond motifs is 1. The fraction of sp³-hybridized carbons (Fsp3) is 0.458. The van der Waals surface area contributed by atoms with Crippen LogP contribution >= 0.6 is 11.6 Å². The first-order valence-corrected chi connectivity index (χ1v) is 13.0. The molecule has 2 aromatic rings. The molecule has 1 saturated heterocycles. The minimum atomic E-state index is -3.59. The van der Waals surface area contributed by atoms with Gasteiger partial charge in [-0.25, -0.2) is 8.42 Å². The summed E-state index contributed by atoms with van der Waals surface area (Å²) in [6.45, 7) is 6.16. The van der Waals surface area contributed by atoms with Crippen molar-refractivity contribution in [2.24, 2.45) is 5.92 Å². The number of halogens is 1. The summed E-state index contributed by atoms with van der Waals surface area (Å²) in [6, 6.07) is 11.1. The SMILES string of the molecule is Cc1ccc(Cl)cc1N1CCN(S(=O)(=O)c2ccc3c(c2)C[C@@H](C)N3C(=O)C2CC2)CC1. The topological polar surface area (TPSA) is 60.9 Å². The molecular weight excluding hydrogens is 446 g/mol. The first-order valence-electron chi connectivity index (χ1n) is 11.2. The van der Waals surface area contributed by atoms with Crippen LogP contribution in [0, 0.1) is 12.8 Å². The van der Waals surface area contributed by atoms with Crippen molar-refractivity contribution in [3.63, 3.8) is 0 Å². The van der Waals surface area contributed by atoms with Gasteiger partial charge in [0.2, 0.25) is 15.9 Å². The molecule has 5 rings (SSSR count). The third kappa shape index (κ3) is 3.80. The zero-order valence-electron chi connectivity index (χ0n) is 18.4. The highest BCUT2D eigenvalue weighted by molar-refractivity contribution is 7.89. The summed E-state index contributed by atoms with van der Waals surface area (Å²) in [5, 5.41) is 0.683. The second kappa shape index (κ2) is 8.04. The van der Waals surface area contributed by atoms with Crippen molar-refractivity contribution in [2.45, 2.75) is 44.0 Å². The number of sulfonamides is 1. The molecule has 1 aliphatic carbocycles. The molecule has 2 fully saturated rings. The lowest BCUT2D eigenvalue weighted by Crippen LogP contribution is -2.48. The number of rotatable bonds is 4. The zero-order chi connectivity index (χ0) is 22.6. The highest BCUT2D eigenvalue weighted by atomic mass is 35.5. The van der Waals surface area contributed by atoms with Crippen LogP contribution in [0.15, 0.2) is 41.3 Å². The minimum absolute atomic E-state index is 0.0699. The fourth-order valence-electron chi connectivity index (χ4n) is 4.87. The maximum atomic E-state index is 13.4. The van der Waals surface area contributed by atoms with Gasteiger partial charge in [-0.2, -0.15) is 4.31 Å². The molecule has 0 aromatic heterocycles. The van der Waals surface area contributed by atoms with Gasteiger partial charge < -0.3 is 9.80 Å². The van der Waals surface area contributed by atoms with Gasteiger partial charge in [-0.3, -0.25) is 4.79 Å². The van der Waals surface area contributed by atoms with Crippen molar-refractivity contribution in [1.29, 1.82) is 0 Å². The monoisotopic (exact) mass is 473 g/mol. The number of aryl methyl sites for hydroxylation is 1. The van der Waals surface area contributed by atoms with Crippen molar-refractivity contribution in [3.8, 4) is 0 Å². The van der Waals surface area contributed by atoms with E-state index in [1.165, 1.54) is 0 Å². The maximum absolute atomic E-state index is 13.4. The van der Waals surface area contributed by atoms with Crippen LogP contribution in [0.4, 0.5) is 11.4 Å². The van der Waals surface area contributed by atoms with E-state index in [0.717, 1.165) is 35.3 Å². The predicted molar refractivity (Wildman–Crippen MR) is 127 cm³/mol. The second-order valence-corrected chi connectivity index (χ2v) is 11.5. The second-order valence-electron chi connectivity index (χ2n) is 9.15. The summed E-state index contributed by atoms with van der Waals surface area (Å²) in [6.07, 6.45) is 2.62. The van der Waals surface area contributed by atoms with Gasteiger partial charge in [-0.1, -0.05) is 17.7 Å². The first kappa shape index (κ1) is 21.7. The summed E-state index contributed by atoms with van der Waals surface area (Å²) in [4.78, 5) is 17.1. The molecule has 2 aromatic carbocycles.